The van der Waals surface area contributed by atoms with Crippen molar-refractivity contribution in [2.45, 2.75) is 33.2 Å². The van der Waals surface area contributed by atoms with E-state index < -0.39 is 0 Å². The molecule has 2 aromatic carbocycles. The summed E-state index contributed by atoms with van der Waals surface area (Å²) in [6.45, 7) is 5.80. The van der Waals surface area contributed by atoms with E-state index in [1.165, 1.54) is 23.8 Å². The molecule has 1 amide bonds. The summed E-state index contributed by atoms with van der Waals surface area (Å²) in [4.78, 5) is 16.4. The van der Waals surface area contributed by atoms with Gasteiger partial charge in [-0.1, -0.05) is 35.9 Å². The van der Waals surface area contributed by atoms with Gasteiger partial charge in [-0.05, 0) is 43.5 Å². The Balaban J connectivity index is 1.79. The maximum absolute atomic E-state index is 11.5. The molecule has 0 bridgehead atoms. The van der Waals surface area contributed by atoms with Gasteiger partial charge < -0.3 is 14.6 Å². The van der Waals surface area contributed by atoms with E-state index in [0.29, 0.717) is 6.54 Å². The molecular formula is C22H27N3O2. The lowest BCUT2D eigenvalue weighted by molar-refractivity contribution is -0.124. The van der Waals surface area contributed by atoms with E-state index in [1.54, 1.807) is 0 Å². The van der Waals surface area contributed by atoms with E-state index in [4.69, 9.17) is 9.72 Å². The van der Waals surface area contributed by atoms with Crippen LogP contribution in [0.5, 0.6) is 0 Å². The van der Waals surface area contributed by atoms with Crippen molar-refractivity contribution in [2.75, 3.05) is 20.3 Å². The fraction of sp³-hybridized carbons (Fsp3) is 0.364. The Labute approximate surface area is 160 Å². The van der Waals surface area contributed by atoms with Gasteiger partial charge in [0.25, 0.3) is 0 Å². The second-order valence-corrected chi connectivity index (χ2v) is 6.92. The fourth-order valence-corrected chi connectivity index (χ4v) is 3.29. The molecule has 1 heterocycles. The number of aryl methyl sites for hydroxylation is 3. The van der Waals surface area contributed by atoms with Crippen LogP contribution >= 0.6 is 0 Å². The Morgan fingerprint density at radius 1 is 1.19 bits per heavy atom. The molecule has 142 valence electrons. The maximum Gasteiger partial charge on any atom is 0.245 e. The van der Waals surface area contributed by atoms with Crippen LogP contribution in [-0.4, -0.2) is 35.7 Å². The second-order valence-electron chi connectivity index (χ2n) is 6.92. The van der Waals surface area contributed by atoms with Crippen molar-refractivity contribution in [3.05, 3.63) is 65.0 Å². The normalized spacial score (nSPS) is 11.1. The number of amides is 1. The topological polar surface area (TPSA) is 56.1 Å². The van der Waals surface area contributed by atoms with Crippen LogP contribution in [0.1, 0.15) is 28.9 Å². The Morgan fingerprint density at radius 2 is 2.00 bits per heavy atom. The number of benzene rings is 2. The summed E-state index contributed by atoms with van der Waals surface area (Å²) in [5.41, 5.74) is 6.03. The third-order valence-electron chi connectivity index (χ3n) is 4.74. The Kier molecular flexibility index (Phi) is 6.24. The number of para-hydroxylation sites is 2. The van der Waals surface area contributed by atoms with Crippen molar-refractivity contribution in [1.29, 1.82) is 0 Å². The molecule has 5 heteroatoms. The molecule has 0 atom stereocenters. The van der Waals surface area contributed by atoms with Gasteiger partial charge in [0.05, 0.1) is 11.0 Å². The number of hydrogen-bond acceptors (Lipinski definition) is 3. The average Bonchev–Trinajstić information content (AvgIpc) is 3.00. The number of hydrogen-bond donors (Lipinski definition) is 1. The Hall–Kier alpha value is -2.66. The third-order valence-corrected chi connectivity index (χ3v) is 4.74. The highest BCUT2D eigenvalue weighted by atomic mass is 16.5. The van der Waals surface area contributed by atoms with Gasteiger partial charge >= 0.3 is 0 Å². The smallest absolute Gasteiger partial charge is 0.245 e. The third kappa shape index (κ3) is 4.74. The summed E-state index contributed by atoms with van der Waals surface area (Å²) in [6.07, 6.45) is 1.65. The van der Waals surface area contributed by atoms with E-state index in [0.717, 1.165) is 36.2 Å². The minimum atomic E-state index is -0.0820. The lowest BCUT2D eigenvalue weighted by atomic mass is 10.1. The summed E-state index contributed by atoms with van der Waals surface area (Å²) in [5.74, 6) is 0.972. The molecule has 5 nitrogen and oxygen atoms in total. The molecule has 0 fully saturated rings. The highest BCUT2D eigenvalue weighted by molar-refractivity contribution is 5.77. The summed E-state index contributed by atoms with van der Waals surface area (Å²) in [7, 11) is 1.52. The van der Waals surface area contributed by atoms with Crippen molar-refractivity contribution in [3.63, 3.8) is 0 Å². The quantitative estimate of drug-likeness (QED) is 0.623. The number of methoxy groups -OCH3 is 1. The number of aromatic nitrogens is 2. The molecule has 1 aromatic heterocycles. The first-order valence-electron chi connectivity index (χ1n) is 9.34. The van der Waals surface area contributed by atoms with Crippen molar-refractivity contribution in [3.8, 4) is 0 Å². The largest absolute Gasteiger partial charge is 0.375 e. The molecule has 1 N–H and O–H groups in total. The van der Waals surface area contributed by atoms with Crippen molar-refractivity contribution in [2.24, 2.45) is 0 Å². The molecule has 0 spiro atoms. The zero-order valence-corrected chi connectivity index (χ0v) is 16.3. The van der Waals surface area contributed by atoms with Gasteiger partial charge in [0.2, 0.25) is 5.91 Å². The molecule has 0 saturated heterocycles. The number of carbonyl (C=O) groups excluding carboxylic acids is 1. The predicted molar refractivity (Wildman–Crippen MR) is 108 cm³/mol. The summed E-state index contributed by atoms with van der Waals surface area (Å²) >= 11 is 0. The number of ether oxygens (including phenoxy) is 1. The number of imidazole rings is 1. The van der Waals surface area contributed by atoms with Gasteiger partial charge in [-0.15, -0.1) is 0 Å². The molecule has 27 heavy (non-hydrogen) atoms. The van der Waals surface area contributed by atoms with Crippen molar-refractivity contribution >= 4 is 16.9 Å². The van der Waals surface area contributed by atoms with Crippen LogP contribution in [-0.2, 0) is 22.5 Å². The number of nitrogens with one attached hydrogen (secondary N) is 1. The highest BCUT2D eigenvalue weighted by Gasteiger charge is 2.12. The van der Waals surface area contributed by atoms with Crippen molar-refractivity contribution in [1.82, 2.24) is 14.9 Å². The SMILES string of the molecule is COCC(=O)NCCCc1nc2ccccc2n1Cc1cc(C)ccc1C. The lowest BCUT2D eigenvalue weighted by Gasteiger charge is -2.13. The molecule has 0 unspecified atom stereocenters. The highest BCUT2D eigenvalue weighted by Crippen LogP contribution is 2.21. The first-order chi connectivity index (χ1) is 13.1. The number of carbonyl (C=O) groups is 1. The summed E-state index contributed by atoms with van der Waals surface area (Å²) in [5, 5.41) is 2.87. The summed E-state index contributed by atoms with van der Waals surface area (Å²) in [6, 6.07) is 14.8. The van der Waals surface area contributed by atoms with Crippen LogP contribution in [0.3, 0.4) is 0 Å². The molecule has 3 aromatic rings. The van der Waals surface area contributed by atoms with E-state index in [2.05, 4.69) is 60.1 Å². The molecule has 3 rings (SSSR count). The standard InChI is InChI=1S/C22H27N3O2/c1-16-10-11-17(2)18(13-16)14-25-20-8-5-4-7-19(20)24-21(25)9-6-12-23-22(26)15-27-3/h4-5,7-8,10-11,13H,6,9,12,14-15H2,1-3H3,(H,23,26). The Bertz CT molecular complexity index is 930. The van der Waals surface area contributed by atoms with Gasteiger partial charge in [-0.25, -0.2) is 4.98 Å². The monoisotopic (exact) mass is 365 g/mol. The molecule has 0 saturated carbocycles. The first kappa shape index (κ1) is 19.1. The van der Waals surface area contributed by atoms with E-state index in [-0.39, 0.29) is 12.5 Å². The van der Waals surface area contributed by atoms with E-state index in [9.17, 15) is 4.79 Å². The lowest BCUT2D eigenvalue weighted by Crippen LogP contribution is -2.28. The van der Waals surface area contributed by atoms with Gasteiger partial charge in [0.15, 0.2) is 0 Å². The minimum Gasteiger partial charge on any atom is -0.375 e. The predicted octanol–water partition coefficient (Wildman–Crippen LogP) is 3.40. The van der Waals surface area contributed by atoms with Crippen LogP contribution in [0.25, 0.3) is 11.0 Å². The van der Waals surface area contributed by atoms with Crippen LogP contribution in [0.4, 0.5) is 0 Å². The van der Waals surface area contributed by atoms with Gasteiger partial charge in [0.1, 0.15) is 12.4 Å². The van der Waals surface area contributed by atoms with Crippen LogP contribution < -0.4 is 5.32 Å². The van der Waals surface area contributed by atoms with Gasteiger partial charge in [-0.3, -0.25) is 4.79 Å². The van der Waals surface area contributed by atoms with Gasteiger partial charge in [0, 0.05) is 26.6 Å². The summed E-state index contributed by atoms with van der Waals surface area (Å²) < 4.78 is 7.14. The average molecular weight is 365 g/mol. The molecule has 0 aliphatic carbocycles. The molecule has 0 aliphatic heterocycles. The fourth-order valence-electron chi connectivity index (χ4n) is 3.29. The zero-order valence-electron chi connectivity index (χ0n) is 16.3. The van der Waals surface area contributed by atoms with E-state index >= 15 is 0 Å². The maximum atomic E-state index is 11.5. The van der Waals surface area contributed by atoms with Crippen LogP contribution in [0.2, 0.25) is 0 Å². The number of fused-ring (bicyclic) bond motifs is 1. The van der Waals surface area contributed by atoms with Gasteiger partial charge in [-0.2, -0.15) is 0 Å². The van der Waals surface area contributed by atoms with Crippen molar-refractivity contribution < 1.29 is 9.53 Å². The van der Waals surface area contributed by atoms with E-state index in [1.807, 2.05) is 6.07 Å². The van der Waals surface area contributed by atoms with Crippen LogP contribution in [0, 0.1) is 13.8 Å². The second kappa shape index (κ2) is 8.82. The molecular weight excluding hydrogens is 338 g/mol. The van der Waals surface area contributed by atoms with Crippen LogP contribution in [0.15, 0.2) is 42.5 Å². The molecule has 0 radical (unpaired) electrons. The first-order valence-corrected chi connectivity index (χ1v) is 9.34. The minimum absolute atomic E-state index is 0.0820. The molecule has 0 aliphatic rings. The zero-order chi connectivity index (χ0) is 19.2. The Morgan fingerprint density at radius 3 is 2.81 bits per heavy atom. The number of rotatable bonds is 8. The number of nitrogens with zero attached hydrogens (tertiary/aromatic N) is 2.